The van der Waals surface area contributed by atoms with Gasteiger partial charge in [-0.2, -0.15) is 12.6 Å². The number of nitrogens with two attached hydrogens (primary N) is 1. The third kappa shape index (κ3) is 9.83. The standard InChI is InChI=1S/C22H32N4O8S/c1-3-11(2)18(21(32)25-16(10-35)22(33)34)26-20(31)15(9-17(28)29)24-19(30)14(23)8-12-4-6-13(27)7-5-12/h4-7,11,14-16,18,27,35H,3,8-10,23H2,1-2H3,(H,24,30)(H,25,32)(H,26,31)(H,28,29)(H,33,34). The largest absolute Gasteiger partial charge is 0.508 e. The summed E-state index contributed by atoms with van der Waals surface area (Å²) in [6.45, 7) is 3.41. The van der Waals surface area contributed by atoms with E-state index in [0.29, 0.717) is 12.0 Å². The van der Waals surface area contributed by atoms with Crippen LogP contribution >= 0.6 is 12.6 Å². The Bertz CT molecular complexity index is 911. The van der Waals surface area contributed by atoms with E-state index in [1.54, 1.807) is 26.0 Å². The summed E-state index contributed by atoms with van der Waals surface area (Å²) in [4.78, 5) is 60.7. The second-order valence-electron chi connectivity index (χ2n) is 8.09. The molecule has 194 valence electrons. The highest BCUT2D eigenvalue weighted by Crippen LogP contribution is 2.12. The zero-order valence-electron chi connectivity index (χ0n) is 19.4. The molecule has 0 aliphatic rings. The van der Waals surface area contributed by atoms with Gasteiger partial charge in [0.1, 0.15) is 23.9 Å². The van der Waals surface area contributed by atoms with Crippen molar-refractivity contribution in [2.75, 3.05) is 5.75 Å². The zero-order chi connectivity index (χ0) is 26.7. The Morgan fingerprint density at radius 1 is 0.943 bits per heavy atom. The minimum Gasteiger partial charge on any atom is -0.508 e. The van der Waals surface area contributed by atoms with Crippen molar-refractivity contribution in [2.45, 2.75) is 57.3 Å². The maximum absolute atomic E-state index is 12.9. The predicted octanol–water partition coefficient (Wildman–Crippen LogP) is -0.748. The first-order valence-corrected chi connectivity index (χ1v) is 11.5. The molecule has 0 aromatic heterocycles. The van der Waals surface area contributed by atoms with Gasteiger partial charge in [-0.15, -0.1) is 0 Å². The van der Waals surface area contributed by atoms with Crippen molar-refractivity contribution in [1.82, 2.24) is 16.0 Å². The number of thiol groups is 1. The third-order valence-corrected chi connectivity index (χ3v) is 5.70. The lowest BCUT2D eigenvalue weighted by Gasteiger charge is -2.27. The highest BCUT2D eigenvalue weighted by Gasteiger charge is 2.33. The first kappa shape index (κ1) is 29.7. The maximum atomic E-state index is 12.9. The average Bonchev–Trinajstić information content (AvgIpc) is 2.80. The molecule has 1 rings (SSSR count). The predicted molar refractivity (Wildman–Crippen MR) is 129 cm³/mol. The van der Waals surface area contributed by atoms with Crippen molar-refractivity contribution < 1.29 is 39.3 Å². The number of phenols is 1. The molecule has 1 aromatic rings. The summed E-state index contributed by atoms with van der Waals surface area (Å²) in [5.41, 5.74) is 6.54. The number of aromatic hydroxyl groups is 1. The van der Waals surface area contributed by atoms with Crippen LogP contribution in [0.3, 0.4) is 0 Å². The fourth-order valence-electron chi connectivity index (χ4n) is 3.04. The van der Waals surface area contributed by atoms with Crippen LogP contribution in [0.4, 0.5) is 0 Å². The van der Waals surface area contributed by atoms with Crippen molar-refractivity contribution >= 4 is 42.3 Å². The van der Waals surface area contributed by atoms with E-state index in [4.69, 9.17) is 10.8 Å². The molecule has 0 fully saturated rings. The molecule has 12 nitrogen and oxygen atoms in total. The Hall–Kier alpha value is -3.32. The second kappa shape index (κ2) is 14.2. The molecular formula is C22H32N4O8S. The average molecular weight is 513 g/mol. The van der Waals surface area contributed by atoms with Crippen molar-refractivity contribution in [2.24, 2.45) is 11.7 Å². The third-order valence-electron chi connectivity index (χ3n) is 5.33. The number of hydrogen-bond donors (Lipinski definition) is 8. The molecule has 0 bridgehead atoms. The van der Waals surface area contributed by atoms with Crippen LogP contribution in [0.25, 0.3) is 0 Å². The number of phenolic OH excluding ortho intramolecular Hbond substituents is 1. The summed E-state index contributed by atoms with van der Waals surface area (Å²) in [6, 6.07) is 0.833. The quantitative estimate of drug-likeness (QED) is 0.147. The van der Waals surface area contributed by atoms with E-state index in [1.807, 2.05) is 0 Å². The van der Waals surface area contributed by atoms with E-state index in [2.05, 4.69) is 28.6 Å². The normalized spacial score (nSPS) is 15.1. The summed E-state index contributed by atoms with van der Waals surface area (Å²) < 4.78 is 0. The first-order valence-electron chi connectivity index (χ1n) is 10.9. The van der Waals surface area contributed by atoms with E-state index < -0.39 is 66.2 Å². The number of hydrogen-bond acceptors (Lipinski definition) is 8. The Morgan fingerprint density at radius 3 is 2.00 bits per heavy atom. The molecule has 0 saturated heterocycles. The molecule has 0 aliphatic heterocycles. The number of carboxylic acid groups (broad SMARTS) is 2. The molecule has 13 heteroatoms. The summed E-state index contributed by atoms with van der Waals surface area (Å²) in [7, 11) is 0. The van der Waals surface area contributed by atoms with Crippen LogP contribution in [0.2, 0.25) is 0 Å². The van der Waals surface area contributed by atoms with Crippen LogP contribution < -0.4 is 21.7 Å². The van der Waals surface area contributed by atoms with Gasteiger partial charge in [0.15, 0.2) is 0 Å². The number of amides is 3. The van der Waals surface area contributed by atoms with Gasteiger partial charge in [-0.1, -0.05) is 32.4 Å². The number of aliphatic carboxylic acids is 2. The van der Waals surface area contributed by atoms with Gasteiger partial charge >= 0.3 is 11.9 Å². The van der Waals surface area contributed by atoms with Crippen LogP contribution in [0.15, 0.2) is 24.3 Å². The summed E-state index contributed by atoms with van der Waals surface area (Å²) in [5.74, 6) is -5.76. The van der Waals surface area contributed by atoms with E-state index in [9.17, 15) is 34.2 Å². The van der Waals surface area contributed by atoms with E-state index in [1.165, 1.54) is 12.1 Å². The van der Waals surface area contributed by atoms with Crippen molar-refractivity contribution in [1.29, 1.82) is 0 Å². The number of carbonyl (C=O) groups excluding carboxylic acids is 3. The molecule has 5 atom stereocenters. The van der Waals surface area contributed by atoms with Crippen LogP contribution in [0.1, 0.15) is 32.3 Å². The van der Waals surface area contributed by atoms with Crippen LogP contribution in [0.5, 0.6) is 5.75 Å². The molecule has 3 amide bonds. The Balaban J connectivity index is 2.97. The SMILES string of the molecule is CCC(C)C(NC(=O)C(CC(=O)O)NC(=O)C(N)Cc1ccc(O)cc1)C(=O)NC(CS)C(=O)O. The molecule has 1 aromatic carbocycles. The smallest absolute Gasteiger partial charge is 0.327 e. The summed E-state index contributed by atoms with van der Waals surface area (Å²) in [5, 5.41) is 34.7. The van der Waals surface area contributed by atoms with Gasteiger partial charge in [0.25, 0.3) is 0 Å². The summed E-state index contributed by atoms with van der Waals surface area (Å²) >= 11 is 3.89. The van der Waals surface area contributed by atoms with Crippen molar-refractivity contribution in [3.63, 3.8) is 0 Å². The van der Waals surface area contributed by atoms with Gasteiger partial charge in [0.2, 0.25) is 17.7 Å². The molecule has 8 N–H and O–H groups in total. The minimum absolute atomic E-state index is 0.0360. The highest BCUT2D eigenvalue weighted by atomic mass is 32.1. The van der Waals surface area contributed by atoms with Gasteiger partial charge in [-0.25, -0.2) is 4.79 Å². The van der Waals surface area contributed by atoms with Gasteiger partial charge in [-0.3, -0.25) is 19.2 Å². The molecule has 0 spiro atoms. The van der Waals surface area contributed by atoms with Crippen LogP contribution in [0, 0.1) is 5.92 Å². The maximum Gasteiger partial charge on any atom is 0.327 e. The van der Waals surface area contributed by atoms with Crippen molar-refractivity contribution in [3.8, 4) is 5.75 Å². The van der Waals surface area contributed by atoms with Crippen molar-refractivity contribution in [3.05, 3.63) is 29.8 Å². The van der Waals surface area contributed by atoms with Crippen LogP contribution in [-0.2, 0) is 30.4 Å². The van der Waals surface area contributed by atoms with Gasteiger partial charge in [0.05, 0.1) is 12.5 Å². The molecule has 5 unspecified atom stereocenters. The van der Waals surface area contributed by atoms with E-state index in [-0.39, 0.29) is 17.9 Å². The Labute approximate surface area is 208 Å². The summed E-state index contributed by atoms with van der Waals surface area (Å²) in [6.07, 6.45) is -0.275. The molecule has 0 aliphatic carbocycles. The molecule has 0 saturated carbocycles. The number of benzene rings is 1. The number of nitrogens with one attached hydrogen (secondary N) is 3. The van der Waals surface area contributed by atoms with Gasteiger partial charge < -0.3 is 37.0 Å². The van der Waals surface area contributed by atoms with Gasteiger partial charge in [0, 0.05) is 5.75 Å². The topological polar surface area (TPSA) is 208 Å². The fourth-order valence-corrected chi connectivity index (χ4v) is 3.29. The molecule has 0 heterocycles. The first-order chi connectivity index (χ1) is 16.4. The molecule has 35 heavy (non-hydrogen) atoms. The lowest BCUT2D eigenvalue weighted by Crippen LogP contribution is -2.59. The van der Waals surface area contributed by atoms with Gasteiger partial charge in [-0.05, 0) is 30.0 Å². The Morgan fingerprint density at radius 2 is 1.51 bits per heavy atom. The number of carboxylic acids is 2. The second-order valence-corrected chi connectivity index (χ2v) is 8.46. The Kier molecular flexibility index (Phi) is 12.0. The lowest BCUT2D eigenvalue weighted by atomic mass is 9.97. The van der Waals surface area contributed by atoms with E-state index >= 15 is 0 Å². The number of rotatable bonds is 14. The lowest BCUT2D eigenvalue weighted by molar-refractivity contribution is -0.143. The fraction of sp³-hybridized carbons (Fsp3) is 0.500. The number of carbonyl (C=O) groups is 5. The van der Waals surface area contributed by atoms with Crippen LogP contribution in [-0.4, -0.2) is 74.9 Å². The highest BCUT2D eigenvalue weighted by molar-refractivity contribution is 7.80. The molecular weight excluding hydrogens is 480 g/mol. The molecule has 0 radical (unpaired) electrons. The van der Waals surface area contributed by atoms with E-state index in [0.717, 1.165) is 0 Å². The zero-order valence-corrected chi connectivity index (χ0v) is 20.3. The monoisotopic (exact) mass is 512 g/mol. The minimum atomic E-state index is -1.54.